The standard InChI is InChI=1S/C9H15N3O/c1-6-4-11-8(5-12-10)7(2)9(6)13-3/h4,12H,5,10H2,1-3H3. The molecule has 0 aromatic carbocycles. The van der Waals surface area contributed by atoms with Crippen molar-refractivity contribution in [1.82, 2.24) is 10.4 Å². The van der Waals surface area contributed by atoms with Crippen molar-refractivity contribution in [2.45, 2.75) is 20.4 Å². The van der Waals surface area contributed by atoms with Crippen LogP contribution < -0.4 is 16.0 Å². The second kappa shape index (κ2) is 4.20. The van der Waals surface area contributed by atoms with Gasteiger partial charge in [-0.25, -0.2) is 0 Å². The summed E-state index contributed by atoms with van der Waals surface area (Å²) in [5.41, 5.74) is 5.58. The molecule has 1 aromatic rings. The van der Waals surface area contributed by atoms with E-state index in [-0.39, 0.29) is 0 Å². The Morgan fingerprint density at radius 2 is 2.23 bits per heavy atom. The van der Waals surface area contributed by atoms with Gasteiger partial charge in [-0.3, -0.25) is 16.3 Å². The first-order valence-corrected chi connectivity index (χ1v) is 4.13. The summed E-state index contributed by atoms with van der Waals surface area (Å²) in [4.78, 5) is 4.25. The largest absolute Gasteiger partial charge is 0.496 e. The minimum Gasteiger partial charge on any atom is -0.496 e. The van der Waals surface area contributed by atoms with Gasteiger partial charge in [0, 0.05) is 17.3 Å². The molecule has 0 unspecified atom stereocenters. The number of hydrogen-bond donors (Lipinski definition) is 2. The average molecular weight is 181 g/mol. The molecule has 13 heavy (non-hydrogen) atoms. The minimum absolute atomic E-state index is 0.558. The van der Waals surface area contributed by atoms with Crippen molar-refractivity contribution in [2.24, 2.45) is 5.84 Å². The Morgan fingerprint density at radius 1 is 1.54 bits per heavy atom. The minimum atomic E-state index is 0.558. The molecule has 0 saturated heterocycles. The zero-order valence-electron chi connectivity index (χ0n) is 8.22. The van der Waals surface area contributed by atoms with E-state index in [1.54, 1.807) is 13.3 Å². The molecule has 1 heterocycles. The van der Waals surface area contributed by atoms with Crippen LogP contribution in [0.3, 0.4) is 0 Å². The van der Waals surface area contributed by atoms with Crippen LogP contribution in [0.2, 0.25) is 0 Å². The Bertz CT molecular complexity index is 299. The molecule has 0 aliphatic rings. The Labute approximate surface area is 78.1 Å². The fraction of sp³-hybridized carbons (Fsp3) is 0.444. The molecule has 0 atom stereocenters. The van der Waals surface area contributed by atoms with Crippen molar-refractivity contribution in [3.05, 3.63) is 23.0 Å². The van der Waals surface area contributed by atoms with Crippen LogP contribution in [0.1, 0.15) is 16.8 Å². The maximum Gasteiger partial charge on any atom is 0.128 e. The van der Waals surface area contributed by atoms with E-state index < -0.39 is 0 Å². The molecule has 0 aliphatic heterocycles. The maximum atomic E-state index is 5.25. The molecule has 3 N–H and O–H groups in total. The number of pyridine rings is 1. The second-order valence-corrected chi connectivity index (χ2v) is 2.93. The molecule has 0 fully saturated rings. The summed E-state index contributed by atoms with van der Waals surface area (Å²) in [5.74, 6) is 6.12. The summed E-state index contributed by atoms with van der Waals surface area (Å²) in [6, 6.07) is 0. The molecular weight excluding hydrogens is 166 g/mol. The van der Waals surface area contributed by atoms with Crippen LogP contribution in [-0.2, 0) is 6.54 Å². The van der Waals surface area contributed by atoms with Crippen molar-refractivity contribution in [2.75, 3.05) is 7.11 Å². The summed E-state index contributed by atoms with van der Waals surface area (Å²) in [7, 11) is 1.66. The van der Waals surface area contributed by atoms with E-state index >= 15 is 0 Å². The Morgan fingerprint density at radius 3 is 2.77 bits per heavy atom. The maximum absolute atomic E-state index is 5.25. The first-order chi connectivity index (χ1) is 6.20. The Hall–Kier alpha value is -1.13. The van der Waals surface area contributed by atoms with Crippen molar-refractivity contribution < 1.29 is 4.74 Å². The lowest BCUT2D eigenvalue weighted by Gasteiger charge is -2.11. The molecule has 0 radical (unpaired) electrons. The molecule has 4 heteroatoms. The quantitative estimate of drug-likeness (QED) is 0.531. The third kappa shape index (κ3) is 1.96. The number of rotatable bonds is 3. The van der Waals surface area contributed by atoms with Crippen molar-refractivity contribution in [3.63, 3.8) is 0 Å². The number of nitrogens with two attached hydrogens (primary N) is 1. The molecule has 4 nitrogen and oxygen atoms in total. The van der Waals surface area contributed by atoms with Crippen LogP contribution >= 0.6 is 0 Å². The lowest BCUT2D eigenvalue weighted by atomic mass is 10.1. The number of hydrazine groups is 1. The van der Waals surface area contributed by atoms with Gasteiger partial charge in [0.2, 0.25) is 0 Å². The second-order valence-electron chi connectivity index (χ2n) is 2.93. The first-order valence-electron chi connectivity index (χ1n) is 4.13. The SMILES string of the molecule is COc1c(C)cnc(CNN)c1C. The summed E-state index contributed by atoms with van der Waals surface area (Å²) in [5, 5.41) is 0. The summed E-state index contributed by atoms with van der Waals surface area (Å²) in [6.07, 6.45) is 1.79. The number of aromatic nitrogens is 1. The molecule has 0 aliphatic carbocycles. The first kappa shape index (κ1) is 9.95. The molecule has 0 spiro atoms. The number of hydrogen-bond acceptors (Lipinski definition) is 4. The van der Waals surface area contributed by atoms with Gasteiger partial charge in [0.15, 0.2) is 0 Å². The highest BCUT2D eigenvalue weighted by molar-refractivity contribution is 5.40. The number of aryl methyl sites for hydroxylation is 1. The van der Waals surface area contributed by atoms with Crippen LogP contribution in [0.15, 0.2) is 6.20 Å². The van der Waals surface area contributed by atoms with E-state index in [1.807, 2.05) is 13.8 Å². The van der Waals surface area contributed by atoms with Gasteiger partial charge in [0.25, 0.3) is 0 Å². The van der Waals surface area contributed by atoms with Crippen molar-refractivity contribution >= 4 is 0 Å². The van der Waals surface area contributed by atoms with Gasteiger partial charge in [0.1, 0.15) is 5.75 Å². The lowest BCUT2D eigenvalue weighted by Crippen LogP contribution is -2.22. The highest BCUT2D eigenvalue weighted by Crippen LogP contribution is 2.23. The van der Waals surface area contributed by atoms with E-state index in [0.29, 0.717) is 6.54 Å². The monoisotopic (exact) mass is 181 g/mol. The zero-order valence-corrected chi connectivity index (χ0v) is 8.22. The summed E-state index contributed by atoms with van der Waals surface area (Å²) < 4.78 is 5.25. The third-order valence-electron chi connectivity index (χ3n) is 2.02. The highest BCUT2D eigenvalue weighted by atomic mass is 16.5. The number of nitrogens with one attached hydrogen (secondary N) is 1. The Kier molecular flexibility index (Phi) is 3.22. The van der Waals surface area contributed by atoms with Crippen molar-refractivity contribution in [1.29, 1.82) is 0 Å². The molecule has 1 aromatic heterocycles. The fourth-order valence-corrected chi connectivity index (χ4v) is 1.35. The molecule has 0 bridgehead atoms. The van der Waals surface area contributed by atoms with Crippen LogP contribution in [0, 0.1) is 13.8 Å². The predicted octanol–water partition coefficient (Wildman–Crippen LogP) is 0.670. The lowest BCUT2D eigenvalue weighted by molar-refractivity contribution is 0.406. The van der Waals surface area contributed by atoms with E-state index in [4.69, 9.17) is 10.6 Å². The average Bonchev–Trinajstić information content (AvgIpc) is 2.11. The van der Waals surface area contributed by atoms with Crippen molar-refractivity contribution in [3.8, 4) is 5.75 Å². The number of ether oxygens (including phenoxy) is 1. The zero-order chi connectivity index (χ0) is 9.84. The van der Waals surface area contributed by atoms with Gasteiger partial charge in [-0.15, -0.1) is 0 Å². The summed E-state index contributed by atoms with van der Waals surface area (Å²) >= 11 is 0. The number of nitrogens with zero attached hydrogens (tertiary/aromatic N) is 1. The van der Waals surface area contributed by atoms with Gasteiger partial charge in [-0.2, -0.15) is 0 Å². The molecule has 0 saturated carbocycles. The molecule has 1 rings (SSSR count). The van der Waals surface area contributed by atoms with E-state index in [1.165, 1.54) is 0 Å². The van der Waals surface area contributed by atoms with E-state index in [9.17, 15) is 0 Å². The topological polar surface area (TPSA) is 60.2 Å². The predicted molar refractivity (Wildman–Crippen MR) is 51.3 cm³/mol. The smallest absolute Gasteiger partial charge is 0.128 e. The van der Waals surface area contributed by atoms with Crippen LogP contribution in [-0.4, -0.2) is 12.1 Å². The van der Waals surface area contributed by atoms with Crippen LogP contribution in [0.25, 0.3) is 0 Å². The van der Waals surface area contributed by atoms with Gasteiger partial charge in [0.05, 0.1) is 19.3 Å². The van der Waals surface area contributed by atoms with Crippen LogP contribution in [0.5, 0.6) is 5.75 Å². The van der Waals surface area contributed by atoms with Gasteiger partial charge in [-0.1, -0.05) is 0 Å². The van der Waals surface area contributed by atoms with E-state index in [2.05, 4.69) is 10.4 Å². The normalized spacial score (nSPS) is 10.2. The van der Waals surface area contributed by atoms with E-state index in [0.717, 1.165) is 22.6 Å². The summed E-state index contributed by atoms with van der Waals surface area (Å²) in [6.45, 7) is 4.51. The Balaban J connectivity index is 3.11. The van der Waals surface area contributed by atoms with Gasteiger partial charge >= 0.3 is 0 Å². The highest BCUT2D eigenvalue weighted by Gasteiger charge is 2.07. The molecular formula is C9H15N3O. The third-order valence-corrected chi connectivity index (χ3v) is 2.02. The van der Waals surface area contributed by atoms with Gasteiger partial charge < -0.3 is 4.74 Å². The number of methoxy groups -OCH3 is 1. The molecule has 0 amide bonds. The fourth-order valence-electron chi connectivity index (χ4n) is 1.35. The van der Waals surface area contributed by atoms with Crippen LogP contribution in [0.4, 0.5) is 0 Å². The van der Waals surface area contributed by atoms with Gasteiger partial charge in [-0.05, 0) is 13.8 Å². The molecule has 72 valence electrons.